The molecule has 10 heteroatoms. The maximum atomic E-state index is 11.9. The van der Waals surface area contributed by atoms with Gasteiger partial charge in [0.2, 0.25) is 0 Å². The summed E-state index contributed by atoms with van der Waals surface area (Å²) in [6, 6.07) is 0. The van der Waals surface area contributed by atoms with Crippen molar-refractivity contribution in [3.63, 3.8) is 0 Å². The third-order valence-corrected chi connectivity index (χ3v) is 4.42. The van der Waals surface area contributed by atoms with Gasteiger partial charge in [0.25, 0.3) is 0 Å². The number of nitrogens with one attached hydrogen (secondary N) is 1. The van der Waals surface area contributed by atoms with E-state index in [1.165, 1.54) is 5.32 Å². The Morgan fingerprint density at radius 1 is 1.44 bits per heavy atom. The van der Waals surface area contributed by atoms with Crippen LogP contribution in [0.4, 0.5) is 13.2 Å². The Bertz CT molecular complexity index is 485. The Kier molecular flexibility index (Phi) is 3.36. The summed E-state index contributed by atoms with van der Waals surface area (Å²) in [4.78, 5) is 21.4. The highest BCUT2D eigenvalue weighted by Crippen LogP contribution is 2.50. The van der Waals surface area contributed by atoms with Crippen LogP contribution in [0.25, 0.3) is 0 Å². The maximum Gasteiger partial charge on any atom is 0.471 e. The van der Waals surface area contributed by atoms with E-state index in [0.717, 1.165) is 6.26 Å². The Balaban J connectivity index is 2.76. The van der Waals surface area contributed by atoms with Crippen molar-refractivity contribution in [2.75, 3.05) is 12.8 Å². The summed E-state index contributed by atoms with van der Waals surface area (Å²) in [5.41, 5.74) is -1.85. The summed E-state index contributed by atoms with van der Waals surface area (Å²) in [5, 5.41) is 8.99. The van der Waals surface area contributed by atoms with Crippen LogP contribution in [0.3, 0.4) is 0 Å². The van der Waals surface area contributed by atoms with Gasteiger partial charge in [0.05, 0.1) is 5.25 Å². The molecule has 2 atom stereocenters. The lowest BCUT2D eigenvalue weighted by Gasteiger charge is -2.14. The highest BCUT2D eigenvalue weighted by atomic mass is 32.2. The van der Waals surface area contributed by atoms with Crippen molar-refractivity contribution in [2.45, 2.75) is 17.8 Å². The highest BCUT2D eigenvalue weighted by molar-refractivity contribution is 7.91. The molecule has 2 N–H and O–H groups in total. The number of carbonyl (C=O) groups excluding carboxylic acids is 1. The van der Waals surface area contributed by atoms with Crippen LogP contribution < -0.4 is 5.32 Å². The Morgan fingerprint density at radius 2 is 1.94 bits per heavy atom. The molecular weight excluding hydrogens is 279 g/mol. The largest absolute Gasteiger partial charge is 0.481 e. The van der Waals surface area contributed by atoms with Gasteiger partial charge in [-0.15, -0.1) is 0 Å². The van der Waals surface area contributed by atoms with Gasteiger partial charge in [0.15, 0.2) is 9.84 Å². The average molecular weight is 289 g/mol. The normalized spacial score (nSPS) is 27.7. The molecular formula is C8H10F3NO5S. The zero-order valence-electron chi connectivity index (χ0n) is 9.11. The molecule has 1 aliphatic rings. The van der Waals surface area contributed by atoms with E-state index < -0.39 is 45.1 Å². The standard InChI is InChI=1S/C8H10F3NO5S/c1-18(16,17)4-2-7(4,6(14)15)3-12-5(13)8(9,10)11/h4H,2-3H2,1H3,(H,12,13)(H,14,15). The van der Waals surface area contributed by atoms with Crippen molar-refractivity contribution in [2.24, 2.45) is 5.41 Å². The molecule has 1 fully saturated rings. The second-order valence-corrected chi connectivity index (χ2v) is 6.39. The topological polar surface area (TPSA) is 101 Å². The van der Waals surface area contributed by atoms with Crippen molar-refractivity contribution in [3.8, 4) is 0 Å². The fourth-order valence-corrected chi connectivity index (χ4v) is 3.26. The molecule has 1 amide bonds. The number of carboxylic acid groups (broad SMARTS) is 1. The summed E-state index contributed by atoms with van der Waals surface area (Å²) < 4.78 is 58.0. The maximum absolute atomic E-state index is 11.9. The monoisotopic (exact) mass is 289 g/mol. The minimum Gasteiger partial charge on any atom is -0.481 e. The molecule has 18 heavy (non-hydrogen) atoms. The number of aliphatic carboxylic acids is 1. The number of hydrogen-bond acceptors (Lipinski definition) is 4. The lowest BCUT2D eigenvalue weighted by atomic mass is 10.1. The van der Waals surface area contributed by atoms with E-state index in [4.69, 9.17) is 5.11 Å². The smallest absolute Gasteiger partial charge is 0.471 e. The van der Waals surface area contributed by atoms with E-state index in [1.54, 1.807) is 0 Å². The first-order chi connectivity index (χ1) is 7.91. The molecule has 0 bridgehead atoms. The molecule has 0 aromatic heterocycles. The van der Waals surface area contributed by atoms with Gasteiger partial charge in [-0.1, -0.05) is 0 Å². The van der Waals surface area contributed by atoms with Gasteiger partial charge >= 0.3 is 18.1 Å². The first kappa shape index (κ1) is 14.7. The van der Waals surface area contributed by atoms with Crippen LogP contribution in [-0.2, 0) is 19.4 Å². The van der Waals surface area contributed by atoms with E-state index >= 15 is 0 Å². The molecule has 0 heterocycles. The van der Waals surface area contributed by atoms with E-state index in [0.29, 0.717) is 0 Å². The predicted octanol–water partition coefficient (Wildman–Crippen LogP) is -0.447. The summed E-state index contributed by atoms with van der Waals surface area (Å²) in [6.07, 6.45) is -4.64. The van der Waals surface area contributed by atoms with Crippen molar-refractivity contribution in [3.05, 3.63) is 0 Å². The van der Waals surface area contributed by atoms with E-state index in [2.05, 4.69) is 0 Å². The van der Waals surface area contributed by atoms with Crippen LogP contribution in [0.5, 0.6) is 0 Å². The number of amides is 1. The van der Waals surface area contributed by atoms with E-state index in [9.17, 15) is 31.2 Å². The van der Waals surface area contributed by atoms with Crippen molar-refractivity contribution in [1.82, 2.24) is 5.32 Å². The fourth-order valence-electron chi connectivity index (χ4n) is 1.66. The molecule has 1 saturated carbocycles. The molecule has 1 rings (SSSR count). The van der Waals surface area contributed by atoms with E-state index in [-0.39, 0.29) is 6.42 Å². The summed E-state index contributed by atoms with van der Waals surface area (Å²) in [5.74, 6) is -3.83. The lowest BCUT2D eigenvalue weighted by molar-refractivity contribution is -0.174. The van der Waals surface area contributed by atoms with Gasteiger partial charge in [-0.3, -0.25) is 9.59 Å². The van der Waals surface area contributed by atoms with Gasteiger partial charge < -0.3 is 10.4 Å². The number of sulfone groups is 1. The molecule has 0 aliphatic heterocycles. The Hall–Kier alpha value is -1.32. The first-order valence-electron chi connectivity index (χ1n) is 4.68. The SMILES string of the molecule is CS(=O)(=O)C1CC1(CNC(=O)C(F)(F)F)C(=O)O. The highest BCUT2D eigenvalue weighted by Gasteiger charge is 2.65. The van der Waals surface area contributed by atoms with Crippen LogP contribution in [0, 0.1) is 5.41 Å². The first-order valence-corrected chi connectivity index (χ1v) is 6.64. The molecule has 0 aromatic carbocycles. The van der Waals surface area contributed by atoms with Crippen molar-refractivity contribution >= 4 is 21.7 Å². The second-order valence-electron chi connectivity index (χ2n) is 4.16. The van der Waals surface area contributed by atoms with Crippen LogP contribution in [0.15, 0.2) is 0 Å². The van der Waals surface area contributed by atoms with Crippen LogP contribution >= 0.6 is 0 Å². The molecule has 0 aromatic rings. The van der Waals surface area contributed by atoms with Gasteiger partial charge in [0, 0.05) is 12.8 Å². The number of halogens is 3. The number of carboxylic acids is 1. The predicted molar refractivity (Wildman–Crippen MR) is 52.4 cm³/mol. The van der Waals surface area contributed by atoms with Crippen molar-refractivity contribution in [1.29, 1.82) is 0 Å². The lowest BCUT2D eigenvalue weighted by Crippen LogP contribution is -2.43. The zero-order valence-corrected chi connectivity index (χ0v) is 9.93. The van der Waals surface area contributed by atoms with Crippen molar-refractivity contribution < 1.29 is 36.3 Å². The molecule has 2 unspecified atom stereocenters. The van der Waals surface area contributed by atoms with Gasteiger partial charge in [-0.2, -0.15) is 13.2 Å². The Morgan fingerprint density at radius 3 is 2.22 bits per heavy atom. The number of alkyl halides is 3. The summed E-state index contributed by atoms with van der Waals surface area (Å²) >= 11 is 0. The summed E-state index contributed by atoms with van der Waals surface area (Å²) in [7, 11) is -3.68. The molecule has 0 saturated heterocycles. The average Bonchev–Trinajstić information content (AvgIpc) is 2.87. The fraction of sp³-hybridized carbons (Fsp3) is 0.750. The zero-order chi connectivity index (χ0) is 14.4. The van der Waals surface area contributed by atoms with Crippen LogP contribution in [-0.4, -0.2) is 49.6 Å². The number of hydrogen-bond donors (Lipinski definition) is 2. The number of carbonyl (C=O) groups is 2. The third-order valence-electron chi connectivity index (χ3n) is 2.77. The number of rotatable bonds is 4. The molecule has 0 radical (unpaired) electrons. The van der Waals surface area contributed by atoms with Gasteiger partial charge in [-0.05, 0) is 6.42 Å². The molecule has 0 spiro atoms. The minimum absolute atomic E-state index is 0.306. The van der Waals surface area contributed by atoms with Crippen LogP contribution in [0.1, 0.15) is 6.42 Å². The Labute approximate surface area is 100 Å². The third kappa shape index (κ3) is 2.74. The van der Waals surface area contributed by atoms with E-state index in [1.807, 2.05) is 0 Å². The summed E-state index contributed by atoms with van der Waals surface area (Å²) in [6.45, 7) is -0.863. The molecule has 6 nitrogen and oxygen atoms in total. The minimum atomic E-state index is -5.13. The molecule has 104 valence electrons. The second kappa shape index (κ2) is 4.11. The van der Waals surface area contributed by atoms with Crippen LogP contribution in [0.2, 0.25) is 0 Å². The van der Waals surface area contributed by atoms with Gasteiger partial charge in [-0.25, -0.2) is 8.42 Å². The van der Waals surface area contributed by atoms with Gasteiger partial charge in [0.1, 0.15) is 5.41 Å². The molecule has 1 aliphatic carbocycles. The quantitative estimate of drug-likeness (QED) is 0.730.